The van der Waals surface area contributed by atoms with Crippen LogP contribution >= 0.6 is 0 Å². The molecule has 0 saturated carbocycles. The normalized spacial score (nSPS) is 14.1. The van der Waals surface area contributed by atoms with E-state index in [1.807, 2.05) is 0 Å². The Morgan fingerprint density at radius 3 is 1.45 bits per heavy atom. The van der Waals surface area contributed by atoms with Gasteiger partial charge in [-0.05, 0) is 0 Å². The number of hydrogen-bond donors (Lipinski definition) is 2. The number of rotatable bonds is 6. The van der Waals surface area contributed by atoms with Gasteiger partial charge in [0.1, 0.15) is 8.24 Å². The van der Waals surface area contributed by atoms with Gasteiger partial charge in [-0.3, -0.25) is 9.59 Å². The molecule has 0 unspecified atom stereocenters. The maximum absolute atomic E-state index is 13.1. The highest BCUT2D eigenvalue weighted by Crippen LogP contribution is 2.50. The zero-order valence-electron chi connectivity index (χ0n) is 14.6. The van der Waals surface area contributed by atoms with E-state index in [4.69, 9.17) is 5.73 Å². The molecular formula is C13H32N2O2Si3. The molecule has 0 aromatic heterocycles. The van der Waals surface area contributed by atoms with Crippen molar-refractivity contribution < 1.29 is 9.59 Å². The molecule has 0 bridgehead atoms. The van der Waals surface area contributed by atoms with Gasteiger partial charge in [0.2, 0.25) is 11.8 Å². The lowest BCUT2D eigenvalue weighted by atomic mass is 10.2. The SMILES string of the molecule is C[Si](C)(C)NC(=O)C(CC(N)=O)([Si](C)(C)C)[Si](C)(C)C. The van der Waals surface area contributed by atoms with Gasteiger partial charge in [-0.2, -0.15) is 0 Å². The third-order valence-electron chi connectivity index (χ3n) is 3.88. The van der Waals surface area contributed by atoms with Gasteiger partial charge in [0.25, 0.3) is 0 Å². The molecule has 4 nitrogen and oxygen atoms in total. The van der Waals surface area contributed by atoms with Crippen LogP contribution in [0.3, 0.4) is 0 Å². The van der Waals surface area contributed by atoms with Crippen molar-refractivity contribution in [2.75, 3.05) is 0 Å². The number of hydrogen-bond acceptors (Lipinski definition) is 2. The molecule has 0 rings (SSSR count). The summed E-state index contributed by atoms with van der Waals surface area (Å²) >= 11 is 0. The summed E-state index contributed by atoms with van der Waals surface area (Å²) in [5.74, 6) is -0.283. The van der Waals surface area contributed by atoms with Gasteiger partial charge in [0, 0.05) is 11.1 Å². The second kappa shape index (κ2) is 5.76. The molecule has 0 radical (unpaired) electrons. The molecule has 0 aliphatic rings. The quantitative estimate of drug-likeness (QED) is 0.734. The first-order chi connectivity index (χ1) is 8.54. The van der Waals surface area contributed by atoms with E-state index in [2.05, 4.69) is 63.9 Å². The first-order valence-electron chi connectivity index (χ1n) is 7.15. The minimum atomic E-state index is -1.93. The summed E-state index contributed by atoms with van der Waals surface area (Å²) < 4.78 is -0.549. The Morgan fingerprint density at radius 1 is 0.900 bits per heavy atom. The Morgan fingerprint density at radius 2 is 1.25 bits per heavy atom. The number of primary amides is 1. The van der Waals surface area contributed by atoms with Crippen LogP contribution in [0.5, 0.6) is 0 Å². The lowest BCUT2D eigenvalue weighted by Gasteiger charge is -2.50. The van der Waals surface area contributed by atoms with E-state index < -0.39 is 29.0 Å². The van der Waals surface area contributed by atoms with Crippen LogP contribution in [-0.4, -0.2) is 36.2 Å². The highest BCUT2D eigenvalue weighted by atomic mass is 28.4. The molecule has 7 heteroatoms. The summed E-state index contributed by atoms with van der Waals surface area (Å²) in [7, 11) is -5.60. The second-order valence-corrected chi connectivity index (χ2v) is 24.7. The van der Waals surface area contributed by atoms with Crippen molar-refractivity contribution in [1.29, 1.82) is 0 Å². The van der Waals surface area contributed by atoms with Crippen molar-refractivity contribution in [2.45, 2.75) is 70.0 Å². The average molecular weight is 333 g/mol. The van der Waals surface area contributed by atoms with Crippen LogP contribution in [0.25, 0.3) is 0 Å². The number of carbonyl (C=O) groups excluding carboxylic acids is 2. The molecule has 0 aromatic carbocycles. The minimum absolute atomic E-state index is 0.0776. The van der Waals surface area contributed by atoms with Crippen molar-refractivity contribution in [3.63, 3.8) is 0 Å². The molecule has 0 fully saturated rings. The fourth-order valence-corrected chi connectivity index (χ4v) is 16.2. The van der Waals surface area contributed by atoms with Crippen molar-refractivity contribution in [2.24, 2.45) is 5.73 Å². The second-order valence-electron chi connectivity index (χ2n) is 8.75. The van der Waals surface area contributed by atoms with E-state index >= 15 is 0 Å². The van der Waals surface area contributed by atoms with E-state index in [9.17, 15) is 9.59 Å². The predicted octanol–water partition coefficient (Wildman–Crippen LogP) is 2.77. The van der Waals surface area contributed by atoms with Gasteiger partial charge in [0.15, 0.2) is 0 Å². The maximum Gasteiger partial charge on any atom is 0.217 e. The van der Waals surface area contributed by atoms with Crippen molar-refractivity contribution >= 4 is 36.2 Å². The summed E-state index contributed by atoms with van der Waals surface area (Å²) in [5, 5.41) is 0. The lowest BCUT2D eigenvalue weighted by Crippen LogP contribution is -2.65. The molecular weight excluding hydrogens is 300 g/mol. The summed E-state index contributed by atoms with van der Waals surface area (Å²) in [6.07, 6.45) is 0.189. The molecule has 0 aliphatic carbocycles. The van der Waals surface area contributed by atoms with Crippen LogP contribution in [-0.2, 0) is 9.59 Å². The van der Waals surface area contributed by atoms with Gasteiger partial charge in [-0.25, -0.2) is 0 Å². The van der Waals surface area contributed by atoms with Crippen LogP contribution in [0.4, 0.5) is 0 Å². The largest absolute Gasteiger partial charge is 0.382 e. The first-order valence-corrected chi connectivity index (χ1v) is 17.7. The molecule has 0 saturated heterocycles. The van der Waals surface area contributed by atoms with E-state index in [0.717, 1.165) is 0 Å². The van der Waals surface area contributed by atoms with Crippen LogP contribution in [0, 0.1) is 0 Å². The molecule has 3 N–H and O–H groups in total. The summed E-state index contributed by atoms with van der Waals surface area (Å²) in [5.41, 5.74) is 5.51. The molecule has 0 spiro atoms. The van der Waals surface area contributed by atoms with E-state index in [-0.39, 0.29) is 18.2 Å². The lowest BCUT2D eigenvalue weighted by molar-refractivity contribution is -0.125. The Balaban J connectivity index is 6.02. The number of nitrogens with one attached hydrogen (secondary N) is 1. The van der Waals surface area contributed by atoms with Crippen molar-refractivity contribution in [3.8, 4) is 0 Å². The fraction of sp³-hybridized carbons (Fsp3) is 0.846. The summed E-state index contributed by atoms with van der Waals surface area (Å²) in [4.78, 5) is 28.0. The third kappa shape index (κ3) is 4.29. The molecule has 118 valence electrons. The van der Waals surface area contributed by atoms with Gasteiger partial charge in [-0.1, -0.05) is 58.9 Å². The van der Waals surface area contributed by atoms with Gasteiger partial charge in [-0.15, -0.1) is 0 Å². The standard InChI is InChI=1S/C13H32N2O2Si3/c1-18(2,3)13(10-11(14)16,19(4,5)6)12(17)15-20(7,8)9/h10H2,1-9H3,(H2,14,16)(H,15,17). The Labute approximate surface area is 127 Å². The van der Waals surface area contributed by atoms with E-state index in [1.54, 1.807) is 0 Å². The zero-order valence-corrected chi connectivity index (χ0v) is 17.6. The Hall–Kier alpha value is -0.409. The molecule has 2 amide bonds. The molecule has 20 heavy (non-hydrogen) atoms. The van der Waals surface area contributed by atoms with Gasteiger partial charge < -0.3 is 10.7 Å². The van der Waals surface area contributed by atoms with Crippen LogP contribution < -0.4 is 10.7 Å². The van der Waals surface area contributed by atoms with Gasteiger partial charge >= 0.3 is 0 Å². The smallest absolute Gasteiger partial charge is 0.217 e. The van der Waals surface area contributed by atoms with Crippen LogP contribution in [0.15, 0.2) is 0 Å². The Bertz CT molecular complexity index is 376. The minimum Gasteiger partial charge on any atom is -0.382 e. The maximum atomic E-state index is 13.1. The third-order valence-corrected chi connectivity index (χ3v) is 15.3. The van der Waals surface area contributed by atoms with Crippen molar-refractivity contribution in [3.05, 3.63) is 0 Å². The van der Waals surface area contributed by atoms with E-state index in [1.165, 1.54) is 0 Å². The van der Waals surface area contributed by atoms with Crippen LogP contribution in [0.1, 0.15) is 6.42 Å². The van der Waals surface area contributed by atoms with E-state index in [0.29, 0.717) is 0 Å². The number of carbonyl (C=O) groups is 2. The van der Waals surface area contributed by atoms with Crippen molar-refractivity contribution in [1.82, 2.24) is 4.98 Å². The average Bonchev–Trinajstić information content (AvgIpc) is 2.05. The monoisotopic (exact) mass is 332 g/mol. The molecule has 0 aliphatic heterocycles. The molecule has 0 atom stereocenters. The summed E-state index contributed by atoms with van der Waals surface area (Å²) in [6, 6.07) is 0. The number of amides is 2. The Kier molecular flexibility index (Phi) is 5.65. The highest BCUT2D eigenvalue weighted by Gasteiger charge is 2.58. The zero-order chi connectivity index (χ0) is 16.6. The first kappa shape index (κ1) is 19.6. The topological polar surface area (TPSA) is 72.2 Å². The van der Waals surface area contributed by atoms with Gasteiger partial charge in [0.05, 0.1) is 16.1 Å². The predicted molar refractivity (Wildman–Crippen MR) is 94.7 cm³/mol. The molecule has 0 heterocycles. The fourth-order valence-electron chi connectivity index (χ4n) is 3.13. The highest BCUT2D eigenvalue weighted by molar-refractivity contribution is 7.03. The van der Waals surface area contributed by atoms with Crippen LogP contribution in [0.2, 0.25) is 63.6 Å². The number of nitrogens with two attached hydrogens (primary N) is 1. The summed E-state index contributed by atoms with van der Waals surface area (Å²) in [6.45, 7) is 19.4. The molecule has 0 aromatic rings.